The van der Waals surface area contributed by atoms with Crippen LogP contribution in [0.1, 0.15) is 58.8 Å². The Labute approximate surface area is 212 Å². The van der Waals surface area contributed by atoms with Gasteiger partial charge in [0, 0.05) is 31.6 Å². The average Bonchev–Trinajstić information content (AvgIpc) is 3.67. The molecule has 0 spiro atoms. The molecule has 1 saturated carbocycles. The number of fused-ring (bicyclic) bond motifs is 3. The van der Waals surface area contributed by atoms with Gasteiger partial charge < -0.3 is 19.5 Å². The molecule has 1 aliphatic carbocycles. The maximum absolute atomic E-state index is 15.6. The summed E-state index contributed by atoms with van der Waals surface area (Å²) in [5, 5.41) is 12.3. The summed E-state index contributed by atoms with van der Waals surface area (Å²) < 4.78 is 23.4. The Hall–Kier alpha value is -3.48. The lowest BCUT2D eigenvalue weighted by molar-refractivity contribution is -0.135. The third-order valence-electron chi connectivity index (χ3n) is 7.09. The molecule has 6 rings (SSSR count). The number of hydrogen-bond acceptors (Lipinski definition) is 6. The van der Waals surface area contributed by atoms with Crippen molar-refractivity contribution in [3.8, 4) is 11.8 Å². The molecule has 0 saturated heterocycles. The molecule has 1 amide bonds. The van der Waals surface area contributed by atoms with Gasteiger partial charge in [-0.1, -0.05) is 23.7 Å². The molecule has 3 aromatic rings. The highest BCUT2D eigenvalue weighted by Gasteiger charge is 2.39. The second-order valence-electron chi connectivity index (χ2n) is 9.37. The van der Waals surface area contributed by atoms with Gasteiger partial charge in [0.05, 0.1) is 17.9 Å². The standard InChI is InChI=1S/C26H24ClFN6O2/c27-26-21(6-4-17(12-29)31-26)36-14-23(35)34-9-7-20-25(33-10-8-30-13-22(33)32-20)24(34)18-5-3-16(11-19(18)28)15-1-2-15/h3-6,11,15,24,30H,1-2,7-10,13-14H2. The largest absolute Gasteiger partial charge is 0.481 e. The van der Waals surface area contributed by atoms with Crippen LogP contribution in [0.3, 0.4) is 0 Å². The maximum atomic E-state index is 15.6. The molecule has 4 heterocycles. The van der Waals surface area contributed by atoms with E-state index in [1.54, 1.807) is 11.0 Å². The van der Waals surface area contributed by atoms with E-state index < -0.39 is 6.04 Å². The van der Waals surface area contributed by atoms with E-state index in [4.69, 9.17) is 26.6 Å². The van der Waals surface area contributed by atoms with E-state index in [9.17, 15) is 4.79 Å². The molecular formula is C26H24ClFN6O2. The first kappa shape index (κ1) is 23.0. The zero-order chi connectivity index (χ0) is 24.8. The number of carbonyl (C=O) groups excluding carboxylic acids is 1. The van der Waals surface area contributed by atoms with Crippen molar-refractivity contribution in [1.82, 2.24) is 24.8 Å². The van der Waals surface area contributed by atoms with Crippen LogP contribution in [0.15, 0.2) is 30.3 Å². The zero-order valence-corrected chi connectivity index (χ0v) is 20.3. The van der Waals surface area contributed by atoms with Gasteiger partial charge in [0.1, 0.15) is 29.4 Å². The Morgan fingerprint density at radius 1 is 1.25 bits per heavy atom. The third kappa shape index (κ3) is 4.10. The molecular weight excluding hydrogens is 483 g/mol. The Bertz CT molecular complexity index is 1400. The van der Waals surface area contributed by atoms with Gasteiger partial charge in [-0.25, -0.2) is 14.4 Å². The number of pyridine rings is 1. The Morgan fingerprint density at radius 2 is 2.11 bits per heavy atom. The number of ether oxygens (including phenoxy) is 1. The van der Waals surface area contributed by atoms with Crippen molar-refractivity contribution >= 4 is 17.5 Å². The van der Waals surface area contributed by atoms with Gasteiger partial charge in [-0.3, -0.25) is 4.79 Å². The van der Waals surface area contributed by atoms with E-state index >= 15 is 4.39 Å². The molecule has 2 aromatic heterocycles. The van der Waals surface area contributed by atoms with Crippen molar-refractivity contribution in [2.45, 2.75) is 44.3 Å². The van der Waals surface area contributed by atoms with Gasteiger partial charge in [0.2, 0.25) is 0 Å². The molecule has 0 radical (unpaired) electrons. The molecule has 1 N–H and O–H groups in total. The first-order chi connectivity index (χ1) is 17.5. The number of hydrogen-bond donors (Lipinski definition) is 1. The van der Waals surface area contributed by atoms with Crippen molar-refractivity contribution in [3.63, 3.8) is 0 Å². The highest BCUT2D eigenvalue weighted by Crippen LogP contribution is 2.43. The Balaban J connectivity index is 1.34. The quantitative estimate of drug-likeness (QED) is 0.532. The predicted molar refractivity (Wildman–Crippen MR) is 129 cm³/mol. The molecule has 1 fully saturated rings. The summed E-state index contributed by atoms with van der Waals surface area (Å²) in [6.45, 7) is 2.24. The fourth-order valence-corrected chi connectivity index (χ4v) is 5.38. The van der Waals surface area contributed by atoms with E-state index in [0.717, 1.165) is 42.2 Å². The highest BCUT2D eigenvalue weighted by molar-refractivity contribution is 6.30. The van der Waals surface area contributed by atoms with Crippen LogP contribution in [0, 0.1) is 17.1 Å². The number of amides is 1. The van der Waals surface area contributed by atoms with Crippen LogP contribution >= 0.6 is 11.6 Å². The number of nitriles is 1. The van der Waals surface area contributed by atoms with Gasteiger partial charge in [-0.15, -0.1) is 0 Å². The molecule has 0 bridgehead atoms. The lowest BCUT2D eigenvalue weighted by Crippen LogP contribution is -2.44. The van der Waals surface area contributed by atoms with Crippen molar-refractivity contribution < 1.29 is 13.9 Å². The van der Waals surface area contributed by atoms with Crippen molar-refractivity contribution in [2.24, 2.45) is 0 Å². The Morgan fingerprint density at radius 3 is 2.86 bits per heavy atom. The lowest BCUT2D eigenvalue weighted by atomic mass is 9.93. The van der Waals surface area contributed by atoms with Crippen molar-refractivity contribution in [3.05, 3.63) is 75.3 Å². The van der Waals surface area contributed by atoms with Crippen LogP contribution in [0.2, 0.25) is 5.15 Å². The number of aromatic nitrogens is 3. The van der Waals surface area contributed by atoms with Crippen LogP contribution in [0.25, 0.3) is 0 Å². The first-order valence-electron chi connectivity index (χ1n) is 12.1. The highest BCUT2D eigenvalue weighted by atomic mass is 35.5. The molecule has 8 nitrogen and oxygen atoms in total. The molecule has 1 atom stereocenters. The van der Waals surface area contributed by atoms with E-state index in [1.807, 2.05) is 18.2 Å². The molecule has 1 unspecified atom stereocenters. The fourth-order valence-electron chi connectivity index (χ4n) is 5.17. The normalized spacial score (nSPS) is 18.8. The van der Waals surface area contributed by atoms with Crippen LogP contribution in [0.5, 0.6) is 5.75 Å². The van der Waals surface area contributed by atoms with Gasteiger partial charge in [-0.2, -0.15) is 5.26 Å². The average molecular weight is 507 g/mol. The van der Waals surface area contributed by atoms with E-state index in [2.05, 4.69) is 14.9 Å². The summed E-state index contributed by atoms with van der Waals surface area (Å²) >= 11 is 6.12. The number of nitrogens with zero attached hydrogens (tertiary/aromatic N) is 5. The summed E-state index contributed by atoms with van der Waals surface area (Å²) in [6.07, 6.45) is 2.76. The maximum Gasteiger partial charge on any atom is 0.261 e. The van der Waals surface area contributed by atoms with Crippen LogP contribution in [0.4, 0.5) is 4.39 Å². The lowest BCUT2D eigenvalue weighted by Gasteiger charge is -2.37. The summed E-state index contributed by atoms with van der Waals surface area (Å²) in [5.74, 6) is 0.959. The number of benzene rings is 1. The molecule has 184 valence electrons. The van der Waals surface area contributed by atoms with Crippen molar-refractivity contribution in [1.29, 1.82) is 5.26 Å². The van der Waals surface area contributed by atoms with Crippen LogP contribution in [-0.4, -0.2) is 45.0 Å². The summed E-state index contributed by atoms with van der Waals surface area (Å²) in [6, 6.07) is 9.74. The Kier molecular flexibility index (Phi) is 5.86. The van der Waals surface area contributed by atoms with Crippen LogP contribution < -0.4 is 10.1 Å². The molecule has 3 aliphatic rings. The van der Waals surface area contributed by atoms with E-state index in [1.165, 1.54) is 12.1 Å². The zero-order valence-electron chi connectivity index (χ0n) is 19.5. The van der Waals surface area contributed by atoms with Gasteiger partial charge in [0.25, 0.3) is 5.91 Å². The van der Waals surface area contributed by atoms with Crippen molar-refractivity contribution in [2.75, 3.05) is 19.7 Å². The number of carbonyl (C=O) groups is 1. The number of rotatable bonds is 5. The summed E-state index contributed by atoms with van der Waals surface area (Å²) in [4.78, 5) is 24.0. The minimum atomic E-state index is -0.605. The van der Waals surface area contributed by atoms with Gasteiger partial charge >= 0.3 is 0 Å². The smallest absolute Gasteiger partial charge is 0.261 e. The number of imidazole rings is 1. The monoisotopic (exact) mass is 506 g/mol. The minimum Gasteiger partial charge on any atom is -0.481 e. The summed E-state index contributed by atoms with van der Waals surface area (Å²) in [7, 11) is 0. The third-order valence-corrected chi connectivity index (χ3v) is 7.36. The first-order valence-corrected chi connectivity index (χ1v) is 12.5. The number of nitrogens with one attached hydrogen (secondary N) is 1. The molecule has 10 heteroatoms. The topological polar surface area (TPSA) is 96.1 Å². The predicted octanol–water partition coefficient (Wildman–Crippen LogP) is 3.48. The second kappa shape index (κ2) is 9.19. The minimum absolute atomic E-state index is 0.0124. The van der Waals surface area contributed by atoms with E-state index in [0.29, 0.717) is 37.5 Å². The molecule has 1 aromatic carbocycles. The number of halogens is 2. The SMILES string of the molecule is N#Cc1ccc(OCC(=O)N2CCc3nc4n(c3C2c2ccc(C3CC3)cc2F)CCNC4)c(Cl)n1. The fraction of sp³-hybridized carbons (Fsp3) is 0.385. The van der Waals surface area contributed by atoms with Crippen LogP contribution in [-0.2, 0) is 24.3 Å². The summed E-state index contributed by atoms with van der Waals surface area (Å²) in [5.41, 5.74) is 3.42. The van der Waals surface area contributed by atoms with E-state index in [-0.39, 0.29) is 34.9 Å². The molecule has 36 heavy (non-hydrogen) atoms. The van der Waals surface area contributed by atoms with Gasteiger partial charge in [0.15, 0.2) is 17.5 Å². The van der Waals surface area contributed by atoms with Gasteiger partial charge in [-0.05, 0) is 42.5 Å². The second-order valence-corrected chi connectivity index (χ2v) is 9.73. The molecule has 2 aliphatic heterocycles.